The van der Waals surface area contributed by atoms with E-state index >= 15 is 0 Å². The van der Waals surface area contributed by atoms with E-state index in [1.54, 1.807) is 0 Å². The van der Waals surface area contributed by atoms with Gasteiger partial charge in [0.25, 0.3) is 0 Å². The largest absolute Gasteiger partial charge is 0.368 e. The Hall–Kier alpha value is -1.10. The molecule has 2 fully saturated rings. The smallest absolute Gasteiger partial charge is 0.240 e. The van der Waals surface area contributed by atoms with Crippen molar-refractivity contribution in [2.75, 3.05) is 13.1 Å². The van der Waals surface area contributed by atoms with Crippen molar-refractivity contribution in [3.05, 3.63) is 0 Å². The molecular formula is C14H25N3O2. The highest BCUT2D eigenvalue weighted by Crippen LogP contribution is 2.58. The molecule has 1 saturated carbocycles. The zero-order valence-corrected chi connectivity index (χ0v) is 12.1. The quantitative estimate of drug-likeness (QED) is 0.691. The maximum atomic E-state index is 12.3. The topological polar surface area (TPSA) is 84.2 Å². The van der Waals surface area contributed by atoms with E-state index in [0.717, 1.165) is 32.4 Å². The Labute approximate surface area is 114 Å². The predicted molar refractivity (Wildman–Crippen MR) is 73.2 cm³/mol. The number of hydrogen-bond donors (Lipinski definition) is 3. The molecule has 1 spiro atoms. The molecule has 1 saturated heterocycles. The van der Waals surface area contributed by atoms with Crippen LogP contribution in [0.1, 0.15) is 40.0 Å². The average molecular weight is 267 g/mol. The molecule has 1 aliphatic heterocycles. The van der Waals surface area contributed by atoms with Crippen LogP contribution >= 0.6 is 0 Å². The molecule has 0 aromatic rings. The van der Waals surface area contributed by atoms with Gasteiger partial charge in [-0.2, -0.15) is 0 Å². The molecule has 2 atom stereocenters. The van der Waals surface area contributed by atoms with Gasteiger partial charge in [-0.3, -0.25) is 9.59 Å². The predicted octanol–water partition coefficient (Wildman–Crippen LogP) is 0.392. The van der Waals surface area contributed by atoms with Crippen LogP contribution in [-0.2, 0) is 9.59 Å². The summed E-state index contributed by atoms with van der Waals surface area (Å²) in [5, 5.41) is 6.17. The van der Waals surface area contributed by atoms with Crippen molar-refractivity contribution in [3.8, 4) is 0 Å². The van der Waals surface area contributed by atoms with E-state index in [9.17, 15) is 9.59 Å². The molecule has 4 N–H and O–H groups in total. The van der Waals surface area contributed by atoms with Crippen molar-refractivity contribution >= 4 is 11.8 Å². The molecule has 108 valence electrons. The van der Waals surface area contributed by atoms with Crippen LogP contribution in [0.4, 0.5) is 0 Å². The van der Waals surface area contributed by atoms with Crippen molar-refractivity contribution in [1.82, 2.24) is 10.6 Å². The zero-order valence-electron chi connectivity index (χ0n) is 12.1. The lowest BCUT2D eigenvalue weighted by Crippen LogP contribution is -2.52. The minimum atomic E-state index is -0.598. The zero-order chi connectivity index (χ0) is 14.3. The third kappa shape index (κ3) is 2.91. The van der Waals surface area contributed by atoms with Crippen LogP contribution in [0.3, 0.4) is 0 Å². The number of amides is 2. The number of carbonyl (C=O) groups excluding carboxylic acids is 2. The van der Waals surface area contributed by atoms with Crippen LogP contribution in [0.5, 0.6) is 0 Å². The maximum Gasteiger partial charge on any atom is 0.240 e. The number of rotatable bonds is 3. The van der Waals surface area contributed by atoms with Gasteiger partial charge in [0.2, 0.25) is 11.8 Å². The number of piperidine rings is 1. The van der Waals surface area contributed by atoms with Gasteiger partial charge in [-0.05, 0) is 43.2 Å². The molecule has 0 aromatic carbocycles. The number of hydrogen-bond acceptors (Lipinski definition) is 3. The summed E-state index contributed by atoms with van der Waals surface area (Å²) in [5.41, 5.74) is 5.24. The molecule has 0 bridgehead atoms. The van der Waals surface area contributed by atoms with Crippen LogP contribution in [0.15, 0.2) is 0 Å². The lowest BCUT2D eigenvalue weighted by atomic mass is 9.85. The summed E-state index contributed by atoms with van der Waals surface area (Å²) in [7, 11) is 0. The van der Waals surface area contributed by atoms with Crippen molar-refractivity contribution in [2.24, 2.45) is 22.5 Å². The molecule has 0 radical (unpaired) electrons. The lowest BCUT2D eigenvalue weighted by molar-refractivity contribution is -0.131. The fourth-order valence-corrected chi connectivity index (χ4v) is 3.15. The van der Waals surface area contributed by atoms with E-state index in [0.29, 0.717) is 0 Å². The van der Waals surface area contributed by atoms with E-state index in [1.807, 2.05) is 20.8 Å². The van der Waals surface area contributed by atoms with Crippen molar-refractivity contribution in [3.63, 3.8) is 0 Å². The summed E-state index contributed by atoms with van der Waals surface area (Å²) in [6, 6.07) is -0.598. The maximum absolute atomic E-state index is 12.3. The first-order chi connectivity index (χ1) is 8.76. The molecule has 5 nitrogen and oxygen atoms in total. The van der Waals surface area contributed by atoms with Crippen LogP contribution < -0.4 is 16.4 Å². The molecular weight excluding hydrogens is 242 g/mol. The van der Waals surface area contributed by atoms with Gasteiger partial charge in [-0.25, -0.2) is 0 Å². The SMILES string of the molecule is CC(C)(C)C(NC(=O)C1CC12CCNCC2)C(N)=O. The molecule has 1 aliphatic carbocycles. The van der Waals surface area contributed by atoms with E-state index in [1.165, 1.54) is 0 Å². The Morgan fingerprint density at radius 3 is 2.37 bits per heavy atom. The molecule has 2 aliphatic rings. The highest BCUT2D eigenvalue weighted by molar-refractivity contribution is 5.89. The fraction of sp³-hybridized carbons (Fsp3) is 0.857. The molecule has 2 unspecified atom stereocenters. The second kappa shape index (κ2) is 4.78. The normalized spacial score (nSPS) is 26.8. The Bertz CT molecular complexity index is 381. The molecule has 19 heavy (non-hydrogen) atoms. The van der Waals surface area contributed by atoms with Crippen LogP contribution in [0.2, 0.25) is 0 Å². The third-order valence-corrected chi connectivity index (χ3v) is 4.54. The van der Waals surface area contributed by atoms with Gasteiger partial charge in [0.15, 0.2) is 0 Å². The molecule has 5 heteroatoms. The van der Waals surface area contributed by atoms with Crippen LogP contribution in [-0.4, -0.2) is 30.9 Å². The second-order valence-electron chi connectivity index (χ2n) is 7.08. The monoisotopic (exact) mass is 267 g/mol. The van der Waals surface area contributed by atoms with Crippen LogP contribution in [0, 0.1) is 16.7 Å². The number of nitrogens with one attached hydrogen (secondary N) is 2. The number of nitrogens with two attached hydrogens (primary N) is 1. The molecule has 1 heterocycles. The first-order valence-electron chi connectivity index (χ1n) is 7.07. The highest BCUT2D eigenvalue weighted by Gasteiger charge is 2.58. The van der Waals surface area contributed by atoms with E-state index < -0.39 is 11.9 Å². The Balaban J connectivity index is 1.96. The van der Waals surface area contributed by atoms with Crippen molar-refractivity contribution in [1.29, 1.82) is 0 Å². The molecule has 2 rings (SSSR count). The Kier molecular flexibility index (Phi) is 3.60. The van der Waals surface area contributed by atoms with Gasteiger partial charge in [0.05, 0.1) is 0 Å². The standard InChI is InChI=1S/C14H25N3O2/c1-13(2,3)10(11(15)18)17-12(19)9-8-14(9)4-6-16-7-5-14/h9-10,16H,4-8H2,1-3H3,(H2,15,18)(H,17,19). The summed E-state index contributed by atoms with van der Waals surface area (Å²) < 4.78 is 0. The van der Waals surface area contributed by atoms with Gasteiger partial charge in [0, 0.05) is 5.92 Å². The number of carbonyl (C=O) groups is 2. The molecule has 0 aromatic heterocycles. The Morgan fingerprint density at radius 1 is 1.32 bits per heavy atom. The van der Waals surface area contributed by atoms with Gasteiger partial charge >= 0.3 is 0 Å². The lowest BCUT2D eigenvalue weighted by Gasteiger charge is -2.29. The van der Waals surface area contributed by atoms with Crippen molar-refractivity contribution in [2.45, 2.75) is 46.1 Å². The van der Waals surface area contributed by atoms with Gasteiger partial charge in [-0.15, -0.1) is 0 Å². The van der Waals surface area contributed by atoms with Crippen LogP contribution in [0.25, 0.3) is 0 Å². The van der Waals surface area contributed by atoms with Crippen molar-refractivity contribution < 1.29 is 9.59 Å². The average Bonchev–Trinajstić information content (AvgIpc) is 2.98. The summed E-state index contributed by atoms with van der Waals surface area (Å²) in [4.78, 5) is 23.8. The fourth-order valence-electron chi connectivity index (χ4n) is 3.15. The van der Waals surface area contributed by atoms with Gasteiger partial charge in [-0.1, -0.05) is 20.8 Å². The summed E-state index contributed by atoms with van der Waals surface area (Å²) in [6.45, 7) is 7.71. The van der Waals surface area contributed by atoms with E-state index in [4.69, 9.17) is 5.73 Å². The minimum absolute atomic E-state index is 0.000579. The van der Waals surface area contributed by atoms with Gasteiger partial charge < -0.3 is 16.4 Å². The minimum Gasteiger partial charge on any atom is -0.368 e. The first-order valence-corrected chi connectivity index (χ1v) is 7.07. The number of primary amides is 1. The summed E-state index contributed by atoms with van der Waals surface area (Å²) in [6.07, 6.45) is 3.07. The Morgan fingerprint density at radius 2 is 1.89 bits per heavy atom. The van der Waals surface area contributed by atoms with E-state index in [-0.39, 0.29) is 22.7 Å². The highest BCUT2D eigenvalue weighted by atomic mass is 16.2. The second-order valence-corrected chi connectivity index (χ2v) is 7.08. The third-order valence-electron chi connectivity index (χ3n) is 4.54. The van der Waals surface area contributed by atoms with E-state index in [2.05, 4.69) is 10.6 Å². The summed E-state index contributed by atoms with van der Waals surface area (Å²) >= 11 is 0. The summed E-state index contributed by atoms with van der Waals surface area (Å²) in [5.74, 6) is -0.389. The first kappa shape index (κ1) is 14.3. The van der Waals surface area contributed by atoms with Gasteiger partial charge in [0.1, 0.15) is 6.04 Å². The molecule has 2 amide bonds.